The second-order valence-electron chi connectivity index (χ2n) is 5.81. The van der Waals surface area contributed by atoms with Gasteiger partial charge in [0.25, 0.3) is 0 Å². The number of rotatable bonds is 5. The molecule has 0 saturated carbocycles. The summed E-state index contributed by atoms with van der Waals surface area (Å²) in [4.78, 5) is 0. The fourth-order valence-corrected chi connectivity index (χ4v) is 3.28. The van der Waals surface area contributed by atoms with Gasteiger partial charge in [-0.1, -0.05) is 18.2 Å². The first-order chi connectivity index (χ1) is 12.2. The lowest BCUT2D eigenvalue weighted by Crippen LogP contribution is -2.28. The molecule has 1 heterocycles. The van der Waals surface area contributed by atoms with E-state index in [1.54, 1.807) is 12.1 Å². The van der Waals surface area contributed by atoms with Crippen LogP contribution in [0.5, 0.6) is 0 Å². The zero-order valence-corrected chi connectivity index (χ0v) is 14.5. The zero-order valence-electron chi connectivity index (χ0n) is 14.5. The number of nitrogens with zero attached hydrogens (tertiary/aromatic N) is 1. The van der Waals surface area contributed by atoms with Crippen molar-refractivity contribution in [1.29, 1.82) is 5.26 Å². The van der Waals surface area contributed by atoms with Crippen molar-refractivity contribution in [2.45, 2.75) is 25.0 Å². The normalized spacial score (nSPS) is 18.0. The number of halogens is 1. The van der Waals surface area contributed by atoms with E-state index in [1.807, 2.05) is 25.2 Å². The highest BCUT2D eigenvalue weighted by Crippen LogP contribution is 2.45. The Labute approximate surface area is 148 Å². The summed E-state index contributed by atoms with van der Waals surface area (Å²) in [5.74, 6) is -0.253. The van der Waals surface area contributed by atoms with Crippen molar-refractivity contribution < 1.29 is 9.13 Å². The monoisotopic (exact) mass is 338 g/mol. The Bertz CT molecular complexity index is 751. The fourth-order valence-electron chi connectivity index (χ4n) is 3.28. The van der Waals surface area contributed by atoms with E-state index in [4.69, 9.17) is 10.00 Å². The Hall–Kier alpha value is -2.48. The first kappa shape index (κ1) is 18.9. The highest BCUT2D eigenvalue weighted by molar-refractivity contribution is 5.47. The largest absolute Gasteiger partial charge is 0.361 e. The second kappa shape index (κ2) is 8.57. The molecule has 4 heteroatoms. The maximum Gasteiger partial charge on any atom is 0.123 e. The summed E-state index contributed by atoms with van der Waals surface area (Å²) in [6.45, 7) is 7.36. The quantitative estimate of drug-likeness (QED) is 0.654. The molecule has 0 aliphatic carbocycles. The molecule has 2 aromatic carbocycles. The molecule has 0 saturated heterocycles. The third-order valence-electron chi connectivity index (χ3n) is 4.41. The molecule has 25 heavy (non-hydrogen) atoms. The van der Waals surface area contributed by atoms with Crippen LogP contribution in [0.25, 0.3) is 0 Å². The van der Waals surface area contributed by atoms with E-state index in [1.165, 1.54) is 12.1 Å². The van der Waals surface area contributed by atoms with Crippen LogP contribution in [-0.2, 0) is 16.9 Å². The Morgan fingerprint density at radius 1 is 1.24 bits per heavy atom. The predicted molar refractivity (Wildman–Crippen MR) is 97.5 cm³/mol. The standard InChI is InChI=1S/C19H19FN2O.C2H4/c1-22-10-2-9-19(16-4-6-17(20)7-5-16)18-8-3-14(12-21)11-15(18)13-23-19;1-2/h3-8,11,22H,2,9-10,13H2,1H3;1-2H2. The van der Waals surface area contributed by atoms with Crippen LogP contribution >= 0.6 is 0 Å². The van der Waals surface area contributed by atoms with Crippen LogP contribution in [0.4, 0.5) is 4.39 Å². The molecule has 3 rings (SSSR count). The Morgan fingerprint density at radius 3 is 2.60 bits per heavy atom. The molecule has 3 nitrogen and oxygen atoms in total. The van der Waals surface area contributed by atoms with Crippen molar-refractivity contribution >= 4 is 0 Å². The van der Waals surface area contributed by atoms with Crippen molar-refractivity contribution in [2.75, 3.05) is 13.6 Å². The topological polar surface area (TPSA) is 45.0 Å². The van der Waals surface area contributed by atoms with Crippen LogP contribution < -0.4 is 5.32 Å². The lowest BCUT2D eigenvalue weighted by atomic mass is 9.81. The molecule has 0 fully saturated rings. The first-order valence-electron chi connectivity index (χ1n) is 8.28. The van der Waals surface area contributed by atoms with Gasteiger partial charge in [0.05, 0.1) is 18.2 Å². The van der Waals surface area contributed by atoms with Gasteiger partial charge in [0.15, 0.2) is 0 Å². The van der Waals surface area contributed by atoms with Crippen molar-refractivity contribution in [3.63, 3.8) is 0 Å². The highest BCUT2D eigenvalue weighted by atomic mass is 19.1. The zero-order chi connectivity index (χ0) is 18.3. The van der Waals surface area contributed by atoms with Crippen molar-refractivity contribution in [3.05, 3.63) is 83.7 Å². The van der Waals surface area contributed by atoms with Gasteiger partial charge in [-0.05, 0) is 67.4 Å². The summed E-state index contributed by atoms with van der Waals surface area (Å²) in [5.41, 5.74) is 3.15. The highest BCUT2D eigenvalue weighted by Gasteiger charge is 2.41. The third-order valence-corrected chi connectivity index (χ3v) is 4.41. The van der Waals surface area contributed by atoms with E-state index in [9.17, 15) is 4.39 Å². The van der Waals surface area contributed by atoms with Crippen LogP contribution in [0.2, 0.25) is 0 Å². The smallest absolute Gasteiger partial charge is 0.123 e. The van der Waals surface area contributed by atoms with Gasteiger partial charge < -0.3 is 10.1 Å². The van der Waals surface area contributed by atoms with Crippen molar-refractivity contribution in [3.8, 4) is 6.07 Å². The number of nitriles is 1. The Kier molecular flexibility index (Phi) is 6.46. The van der Waals surface area contributed by atoms with E-state index in [0.29, 0.717) is 12.2 Å². The van der Waals surface area contributed by atoms with Gasteiger partial charge in [-0.3, -0.25) is 0 Å². The lowest BCUT2D eigenvalue weighted by molar-refractivity contribution is -0.0128. The molecule has 1 aliphatic heterocycles. The van der Waals surface area contributed by atoms with Crippen molar-refractivity contribution in [1.82, 2.24) is 5.32 Å². The van der Waals surface area contributed by atoms with Crippen LogP contribution in [0.1, 0.15) is 35.1 Å². The fraction of sp³-hybridized carbons (Fsp3) is 0.286. The minimum atomic E-state index is -0.562. The van der Waals surface area contributed by atoms with E-state index >= 15 is 0 Å². The number of hydrogen-bond donors (Lipinski definition) is 1. The van der Waals surface area contributed by atoms with Crippen molar-refractivity contribution in [2.24, 2.45) is 0 Å². The molecule has 1 unspecified atom stereocenters. The average Bonchev–Trinajstić information content (AvgIpc) is 3.03. The number of ether oxygens (including phenoxy) is 1. The summed E-state index contributed by atoms with van der Waals surface area (Å²) in [7, 11) is 1.92. The maximum absolute atomic E-state index is 13.3. The lowest BCUT2D eigenvalue weighted by Gasteiger charge is -2.30. The molecule has 130 valence electrons. The molecule has 1 N–H and O–H groups in total. The molecule has 1 atom stereocenters. The Balaban J connectivity index is 0.00000109. The molecule has 0 amide bonds. The number of hydrogen-bond acceptors (Lipinski definition) is 3. The summed E-state index contributed by atoms with van der Waals surface area (Å²) in [5, 5.41) is 12.2. The Morgan fingerprint density at radius 2 is 1.96 bits per heavy atom. The number of benzene rings is 2. The first-order valence-corrected chi connectivity index (χ1v) is 8.28. The molecule has 1 aliphatic rings. The van der Waals surface area contributed by atoms with E-state index in [0.717, 1.165) is 36.1 Å². The molecule has 0 aromatic heterocycles. The van der Waals surface area contributed by atoms with E-state index in [2.05, 4.69) is 24.5 Å². The van der Waals surface area contributed by atoms with Crippen LogP contribution in [0.15, 0.2) is 55.6 Å². The molecule has 0 spiro atoms. The van der Waals surface area contributed by atoms with Crippen LogP contribution in [0.3, 0.4) is 0 Å². The second-order valence-corrected chi connectivity index (χ2v) is 5.81. The van der Waals surface area contributed by atoms with Gasteiger partial charge in [0, 0.05) is 0 Å². The van der Waals surface area contributed by atoms with E-state index < -0.39 is 5.60 Å². The summed E-state index contributed by atoms with van der Waals surface area (Å²) in [6.07, 6.45) is 1.74. The summed E-state index contributed by atoms with van der Waals surface area (Å²) < 4.78 is 19.5. The van der Waals surface area contributed by atoms with Gasteiger partial charge in [-0.25, -0.2) is 4.39 Å². The maximum atomic E-state index is 13.3. The van der Waals surface area contributed by atoms with Gasteiger partial charge in [0.2, 0.25) is 0 Å². The SMILES string of the molecule is C=C.CNCCCC1(c2ccc(F)cc2)OCc2cc(C#N)ccc21. The minimum absolute atomic E-state index is 0.253. The summed E-state index contributed by atoms with van der Waals surface area (Å²) in [6, 6.07) is 14.4. The molecule has 0 bridgehead atoms. The van der Waals surface area contributed by atoms with Gasteiger partial charge >= 0.3 is 0 Å². The molecular weight excluding hydrogens is 315 g/mol. The molecule has 0 radical (unpaired) electrons. The van der Waals surface area contributed by atoms with Crippen LogP contribution in [-0.4, -0.2) is 13.6 Å². The van der Waals surface area contributed by atoms with Gasteiger partial charge in [-0.2, -0.15) is 5.26 Å². The van der Waals surface area contributed by atoms with E-state index in [-0.39, 0.29) is 5.82 Å². The van der Waals surface area contributed by atoms with Gasteiger partial charge in [0.1, 0.15) is 11.4 Å². The third kappa shape index (κ3) is 3.79. The number of nitrogens with one attached hydrogen (secondary N) is 1. The average molecular weight is 338 g/mol. The summed E-state index contributed by atoms with van der Waals surface area (Å²) >= 11 is 0. The predicted octanol–water partition coefficient (Wildman–Crippen LogP) is 4.27. The molecule has 2 aromatic rings. The van der Waals surface area contributed by atoms with Gasteiger partial charge in [-0.15, -0.1) is 13.2 Å². The minimum Gasteiger partial charge on any atom is -0.361 e. The number of fused-ring (bicyclic) bond motifs is 1. The van der Waals surface area contributed by atoms with Crippen LogP contribution in [0, 0.1) is 17.1 Å². The molecular formula is C21H23FN2O.